The Morgan fingerprint density at radius 3 is 2.46 bits per heavy atom. The van der Waals surface area contributed by atoms with Crippen molar-refractivity contribution in [3.8, 4) is 17.2 Å². The number of benzene rings is 1. The Kier molecular flexibility index (Phi) is 3.98. The van der Waals surface area contributed by atoms with Gasteiger partial charge in [-0.05, 0) is 12.1 Å². The number of ether oxygens (including phenoxy) is 3. The summed E-state index contributed by atoms with van der Waals surface area (Å²) in [6, 6.07) is 2.89. The Bertz CT molecular complexity index is 814. The van der Waals surface area contributed by atoms with Crippen molar-refractivity contribution in [2.24, 2.45) is 0 Å². The predicted octanol–water partition coefficient (Wildman–Crippen LogP) is 1.29. The normalized spacial score (nSPS) is 15.8. The van der Waals surface area contributed by atoms with E-state index in [0.717, 1.165) is 0 Å². The number of aromatic nitrogens is 3. The molecule has 2 N–H and O–H groups in total. The summed E-state index contributed by atoms with van der Waals surface area (Å²) in [6.07, 6.45) is 2.88. The topological polar surface area (TPSA) is 108 Å². The molecule has 0 saturated carbocycles. The zero-order valence-electron chi connectivity index (χ0n) is 13.3. The molecule has 0 radical (unpaired) electrons. The lowest BCUT2D eigenvalue weighted by Crippen LogP contribution is -2.24. The molecule has 0 bridgehead atoms. The maximum atomic E-state index is 11.4. The lowest BCUT2D eigenvalue weighted by atomic mass is 10.0. The molecule has 3 rings (SSSR count). The van der Waals surface area contributed by atoms with Crippen LogP contribution in [-0.2, 0) is 4.79 Å². The fourth-order valence-electron chi connectivity index (χ4n) is 2.56. The summed E-state index contributed by atoms with van der Waals surface area (Å²) in [5.74, 6) is 0.763. The first-order chi connectivity index (χ1) is 11.6. The van der Waals surface area contributed by atoms with E-state index >= 15 is 0 Å². The van der Waals surface area contributed by atoms with Gasteiger partial charge in [0.05, 0.1) is 21.3 Å². The predicted molar refractivity (Wildman–Crippen MR) is 83.6 cm³/mol. The van der Waals surface area contributed by atoms with Gasteiger partial charge in [-0.3, -0.25) is 0 Å². The number of rotatable bonds is 5. The van der Waals surface area contributed by atoms with Crippen LogP contribution in [0.25, 0.3) is 0 Å². The highest BCUT2D eigenvalue weighted by Crippen LogP contribution is 2.40. The number of anilines is 1. The molecule has 0 aliphatic carbocycles. The molecule has 1 aromatic heterocycles. The van der Waals surface area contributed by atoms with E-state index in [1.807, 2.05) is 0 Å². The molecule has 126 valence electrons. The Morgan fingerprint density at radius 2 is 1.83 bits per heavy atom. The molecule has 9 heteroatoms. The van der Waals surface area contributed by atoms with Gasteiger partial charge in [0.25, 0.3) is 0 Å². The first-order valence-electron chi connectivity index (χ1n) is 7.00. The first-order valence-corrected chi connectivity index (χ1v) is 7.00. The standard InChI is InChI=1S/C15H16N4O5/c1-22-11-6-13(24-3)12(23-2)4-8(11)10-5-9(14(20)21)18-15-16-7-17-19(10)15/h4-7,10H,1-3H3,(H,20,21)(H,16,17,18)/t10-/m1/s1. The van der Waals surface area contributed by atoms with Crippen LogP contribution in [0.2, 0.25) is 0 Å². The second-order valence-electron chi connectivity index (χ2n) is 4.93. The number of hydrogen-bond donors (Lipinski definition) is 2. The van der Waals surface area contributed by atoms with Crippen molar-refractivity contribution in [2.75, 3.05) is 26.6 Å². The maximum absolute atomic E-state index is 11.4. The van der Waals surface area contributed by atoms with E-state index in [2.05, 4.69) is 15.4 Å². The molecule has 2 aromatic rings. The van der Waals surface area contributed by atoms with Gasteiger partial charge in [-0.2, -0.15) is 10.1 Å². The van der Waals surface area contributed by atoms with Crippen LogP contribution >= 0.6 is 0 Å². The number of carboxylic acid groups (broad SMARTS) is 1. The molecule has 0 fully saturated rings. The number of methoxy groups -OCH3 is 3. The van der Waals surface area contributed by atoms with E-state index in [9.17, 15) is 9.90 Å². The Balaban J connectivity index is 2.19. The average molecular weight is 332 g/mol. The van der Waals surface area contributed by atoms with E-state index in [1.165, 1.54) is 33.7 Å². The number of carbonyl (C=O) groups is 1. The number of nitrogens with one attached hydrogen (secondary N) is 1. The molecular formula is C15H16N4O5. The van der Waals surface area contributed by atoms with Crippen molar-refractivity contribution in [1.82, 2.24) is 14.8 Å². The molecule has 1 aromatic carbocycles. The molecular weight excluding hydrogens is 316 g/mol. The van der Waals surface area contributed by atoms with E-state index in [1.54, 1.807) is 16.8 Å². The minimum absolute atomic E-state index is 0.0114. The molecule has 1 aliphatic rings. The van der Waals surface area contributed by atoms with Gasteiger partial charge in [0.15, 0.2) is 11.5 Å². The molecule has 0 saturated heterocycles. The van der Waals surface area contributed by atoms with Crippen molar-refractivity contribution in [3.05, 3.63) is 35.8 Å². The number of fused-ring (bicyclic) bond motifs is 1. The third-order valence-electron chi connectivity index (χ3n) is 3.69. The van der Waals surface area contributed by atoms with Gasteiger partial charge < -0.3 is 24.6 Å². The molecule has 0 amide bonds. The number of nitrogens with zero attached hydrogens (tertiary/aromatic N) is 3. The zero-order chi connectivity index (χ0) is 17.3. The molecule has 1 atom stereocenters. The van der Waals surface area contributed by atoms with E-state index in [-0.39, 0.29) is 5.70 Å². The second kappa shape index (κ2) is 6.11. The van der Waals surface area contributed by atoms with Crippen molar-refractivity contribution in [1.29, 1.82) is 0 Å². The number of hydrogen-bond acceptors (Lipinski definition) is 7. The minimum atomic E-state index is -1.09. The van der Waals surface area contributed by atoms with Crippen molar-refractivity contribution >= 4 is 11.9 Å². The third kappa shape index (κ3) is 2.49. The highest BCUT2D eigenvalue weighted by atomic mass is 16.5. The molecule has 24 heavy (non-hydrogen) atoms. The summed E-state index contributed by atoms with van der Waals surface area (Å²) in [5, 5.41) is 16.2. The van der Waals surface area contributed by atoms with Crippen molar-refractivity contribution in [3.63, 3.8) is 0 Å². The largest absolute Gasteiger partial charge is 0.496 e. The van der Waals surface area contributed by atoms with Gasteiger partial charge in [0, 0.05) is 11.6 Å². The van der Waals surface area contributed by atoms with Gasteiger partial charge in [-0.25, -0.2) is 9.48 Å². The molecule has 2 heterocycles. The molecule has 0 spiro atoms. The molecule has 9 nitrogen and oxygen atoms in total. The van der Waals surface area contributed by atoms with Gasteiger partial charge in [-0.15, -0.1) is 0 Å². The van der Waals surface area contributed by atoms with Crippen LogP contribution in [0.5, 0.6) is 17.2 Å². The summed E-state index contributed by atoms with van der Waals surface area (Å²) < 4.78 is 17.6. The summed E-state index contributed by atoms with van der Waals surface area (Å²) in [7, 11) is 4.57. The van der Waals surface area contributed by atoms with E-state index < -0.39 is 12.0 Å². The van der Waals surface area contributed by atoms with Crippen LogP contribution < -0.4 is 19.5 Å². The quantitative estimate of drug-likeness (QED) is 0.843. The van der Waals surface area contributed by atoms with E-state index in [0.29, 0.717) is 28.8 Å². The summed E-state index contributed by atoms with van der Waals surface area (Å²) >= 11 is 0. The Labute approximate surface area is 137 Å². The molecule has 0 unspecified atom stereocenters. The van der Waals surface area contributed by atoms with Gasteiger partial charge >= 0.3 is 5.97 Å². The monoisotopic (exact) mass is 332 g/mol. The first kappa shape index (κ1) is 15.7. The Hall–Kier alpha value is -3.23. The maximum Gasteiger partial charge on any atom is 0.352 e. The smallest absolute Gasteiger partial charge is 0.352 e. The number of carboxylic acids is 1. The fraction of sp³-hybridized carbons (Fsp3) is 0.267. The number of allylic oxidation sites excluding steroid dienone is 1. The number of aliphatic carboxylic acids is 1. The lowest BCUT2D eigenvalue weighted by molar-refractivity contribution is -0.132. The van der Waals surface area contributed by atoms with Crippen LogP contribution in [-0.4, -0.2) is 47.2 Å². The van der Waals surface area contributed by atoms with E-state index in [4.69, 9.17) is 14.2 Å². The van der Waals surface area contributed by atoms with Crippen LogP contribution in [0, 0.1) is 0 Å². The van der Waals surface area contributed by atoms with Crippen LogP contribution in [0.3, 0.4) is 0 Å². The second-order valence-corrected chi connectivity index (χ2v) is 4.93. The third-order valence-corrected chi connectivity index (χ3v) is 3.69. The Morgan fingerprint density at radius 1 is 1.17 bits per heavy atom. The molecule has 1 aliphatic heterocycles. The van der Waals surface area contributed by atoms with Gasteiger partial charge in [-0.1, -0.05) is 0 Å². The van der Waals surface area contributed by atoms with Crippen LogP contribution in [0.1, 0.15) is 11.6 Å². The van der Waals surface area contributed by atoms with Crippen LogP contribution in [0.15, 0.2) is 30.2 Å². The highest BCUT2D eigenvalue weighted by molar-refractivity contribution is 5.90. The van der Waals surface area contributed by atoms with Crippen LogP contribution in [0.4, 0.5) is 5.95 Å². The van der Waals surface area contributed by atoms with Crippen molar-refractivity contribution < 1.29 is 24.1 Å². The summed E-state index contributed by atoms with van der Waals surface area (Å²) in [6.45, 7) is 0. The summed E-state index contributed by atoms with van der Waals surface area (Å²) in [4.78, 5) is 15.4. The zero-order valence-corrected chi connectivity index (χ0v) is 13.3. The average Bonchev–Trinajstić information content (AvgIpc) is 3.08. The summed E-state index contributed by atoms with van der Waals surface area (Å²) in [5.41, 5.74) is 0.680. The SMILES string of the molecule is COc1cc(OC)c([C@H]2C=C(C(=O)O)Nc3ncnn32)cc1OC. The highest BCUT2D eigenvalue weighted by Gasteiger charge is 2.28. The minimum Gasteiger partial charge on any atom is -0.496 e. The van der Waals surface area contributed by atoms with Gasteiger partial charge in [0.1, 0.15) is 23.8 Å². The van der Waals surface area contributed by atoms with Gasteiger partial charge in [0.2, 0.25) is 5.95 Å². The fourth-order valence-corrected chi connectivity index (χ4v) is 2.56. The van der Waals surface area contributed by atoms with Crippen molar-refractivity contribution in [2.45, 2.75) is 6.04 Å². The lowest BCUT2D eigenvalue weighted by Gasteiger charge is -2.24.